The van der Waals surface area contributed by atoms with Gasteiger partial charge >= 0.3 is 6.09 Å². The Bertz CT molecular complexity index is 827. The summed E-state index contributed by atoms with van der Waals surface area (Å²) >= 11 is 0. The zero-order valence-electron chi connectivity index (χ0n) is 16.5. The fourth-order valence-electron chi connectivity index (χ4n) is 5.12. The molecule has 2 aliphatic heterocycles. The van der Waals surface area contributed by atoms with Crippen molar-refractivity contribution < 1.29 is 9.53 Å². The zero-order chi connectivity index (χ0) is 19.3. The van der Waals surface area contributed by atoms with Crippen molar-refractivity contribution in [3.63, 3.8) is 0 Å². The highest BCUT2D eigenvalue weighted by atomic mass is 16.6. The molecular formula is C20H28N6O2. The second-order valence-electron chi connectivity index (χ2n) is 8.84. The van der Waals surface area contributed by atoms with E-state index in [1.165, 1.54) is 6.42 Å². The molecule has 8 heteroatoms. The lowest BCUT2D eigenvalue weighted by atomic mass is 9.79. The van der Waals surface area contributed by atoms with Crippen LogP contribution in [0.2, 0.25) is 0 Å². The van der Waals surface area contributed by atoms with E-state index in [0.29, 0.717) is 5.92 Å². The SMILES string of the molecule is CC[C@@H]1C[C@H](OC(=O)NC2(C)CCC2)C[C@@H]1c1nnc2n1C1C=CNC1N=C2. The van der Waals surface area contributed by atoms with Crippen LogP contribution in [0.15, 0.2) is 17.3 Å². The molecule has 0 radical (unpaired) electrons. The minimum Gasteiger partial charge on any atom is -0.446 e. The van der Waals surface area contributed by atoms with Crippen LogP contribution >= 0.6 is 0 Å². The number of hydrogen-bond donors (Lipinski definition) is 2. The average molecular weight is 384 g/mol. The van der Waals surface area contributed by atoms with Gasteiger partial charge in [-0.1, -0.05) is 13.3 Å². The molecule has 1 aromatic rings. The molecule has 1 aromatic heterocycles. The Labute approximate surface area is 164 Å². The molecule has 3 heterocycles. The van der Waals surface area contributed by atoms with Gasteiger partial charge in [-0.25, -0.2) is 4.79 Å². The highest BCUT2D eigenvalue weighted by molar-refractivity contribution is 5.76. The van der Waals surface area contributed by atoms with Crippen LogP contribution in [0.5, 0.6) is 0 Å². The molecule has 4 aliphatic rings. The molecule has 0 spiro atoms. The van der Waals surface area contributed by atoms with Gasteiger partial charge < -0.3 is 15.4 Å². The van der Waals surface area contributed by atoms with Crippen molar-refractivity contribution in [2.24, 2.45) is 10.9 Å². The Morgan fingerprint density at radius 2 is 2.25 bits per heavy atom. The van der Waals surface area contributed by atoms with E-state index in [0.717, 1.165) is 43.8 Å². The molecule has 0 saturated heterocycles. The molecule has 150 valence electrons. The van der Waals surface area contributed by atoms with Crippen molar-refractivity contribution >= 4 is 12.3 Å². The van der Waals surface area contributed by atoms with E-state index in [9.17, 15) is 4.79 Å². The third kappa shape index (κ3) is 2.89. The highest BCUT2D eigenvalue weighted by Gasteiger charge is 2.42. The lowest BCUT2D eigenvalue weighted by Gasteiger charge is -2.38. The van der Waals surface area contributed by atoms with Crippen molar-refractivity contribution in [1.29, 1.82) is 0 Å². The van der Waals surface area contributed by atoms with Crippen LogP contribution in [0.1, 0.15) is 76.0 Å². The minimum absolute atomic E-state index is 0.0183. The van der Waals surface area contributed by atoms with Crippen molar-refractivity contribution in [2.45, 2.75) is 82.1 Å². The quantitative estimate of drug-likeness (QED) is 0.832. The average Bonchev–Trinajstić information content (AvgIpc) is 3.36. The van der Waals surface area contributed by atoms with E-state index in [1.807, 2.05) is 6.20 Å². The summed E-state index contributed by atoms with van der Waals surface area (Å²) in [5.74, 6) is 2.47. The molecule has 2 aliphatic carbocycles. The number of aliphatic imine (C=N–C) groups is 1. The minimum atomic E-state index is -0.277. The van der Waals surface area contributed by atoms with E-state index in [2.05, 4.69) is 50.3 Å². The van der Waals surface area contributed by atoms with E-state index in [4.69, 9.17) is 4.74 Å². The number of nitrogens with zero attached hydrogens (tertiary/aromatic N) is 4. The summed E-state index contributed by atoms with van der Waals surface area (Å²) in [5, 5.41) is 15.2. The summed E-state index contributed by atoms with van der Waals surface area (Å²) in [6.45, 7) is 4.29. The Kier molecular flexibility index (Phi) is 4.17. The Morgan fingerprint density at radius 1 is 1.39 bits per heavy atom. The molecule has 2 fully saturated rings. The summed E-state index contributed by atoms with van der Waals surface area (Å²) in [5.41, 5.74) is -0.0819. The van der Waals surface area contributed by atoms with E-state index in [-0.39, 0.29) is 35.9 Å². The molecule has 1 amide bonds. The summed E-state index contributed by atoms with van der Waals surface area (Å²) in [6.07, 6.45) is 11.5. The number of aromatic nitrogens is 3. The number of ether oxygens (including phenoxy) is 1. The number of rotatable bonds is 4. The Morgan fingerprint density at radius 3 is 3.00 bits per heavy atom. The number of nitrogens with one attached hydrogen (secondary N) is 2. The topological polar surface area (TPSA) is 93.4 Å². The third-order valence-corrected chi connectivity index (χ3v) is 6.92. The van der Waals surface area contributed by atoms with Gasteiger partial charge in [0.1, 0.15) is 18.1 Å². The lowest BCUT2D eigenvalue weighted by Crippen LogP contribution is -2.51. The monoisotopic (exact) mass is 384 g/mol. The number of fused-ring (bicyclic) bond motifs is 3. The maximum Gasteiger partial charge on any atom is 0.407 e. The molecule has 5 atom stereocenters. The van der Waals surface area contributed by atoms with Crippen molar-refractivity contribution in [2.75, 3.05) is 0 Å². The first-order valence-electron chi connectivity index (χ1n) is 10.5. The second-order valence-corrected chi connectivity index (χ2v) is 8.84. The van der Waals surface area contributed by atoms with Crippen molar-refractivity contribution in [3.8, 4) is 0 Å². The second kappa shape index (κ2) is 6.60. The first-order chi connectivity index (χ1) is 13.6. The fraction of sp³-hybridized carbons (Fsp3) is 0.700. The predicted molar refractivity (Wildman–Crippen MR) is 104 cm³/mol. The largest absolute Gasteiger partial charge is 0.446 e. The first kappa shape index (κ1) is 17.7. The molecule has 8 nitrogen and oxygen atoms in total. The summed E-state index contributed by atoms with van der Waals surface area (Å²) in [7, 11) is 0. The van der Waals surface area contributed by atoms with Gasteiger partial charge in [0.05, 0.1) is 12.3 Å². The molecule has 2 unspecified atom stereocenters. The molecule has 2 N–H and O–H groups in total. The van der Waals surface area contributed by atoms with Crippen LogP contribution < -0.4 is 10.6 Å². The summed E-state index contributed by atoms with van der Waals surface area (Å²) in [6, 6.07) is 0.115. The molecular weight excluding hydrogens is 356 g/mol. The molecule has 28 heavy (non-hydrogen) atoms. The summed E-state index contributed by atoms with van der Waals surface area (Å²) in [4.78, 5) is 16.9. The Hall–Kier alpha value is -2.38. The van der Waals surface area contributed by atoms with Crippen molar-refractivity contribution in [3.05, 3.63) is 23.9 Å². The third-order valence-electron chi connectivity index (χ3n) is 6.92. The van der Waals surface area contributed by atoms with Gasteiger partial charge in [0.15, 0.2) is 5.82 Å². The van der Waals surface area contributed by atoms with Gasteiger partial charge in [-0.2, -0.15) is 0 Å². The molecule has 5 rings (SSSR count). The smallest absolute Gasteiger partial charge is 0.407 e. The maximum atomic E-state index is 12.4. The van der Waals surface area contributed by atoms with E-state index >= 15 is 0 Å². The van der Waals surface area contributed by atoms with Crippen LogP contribution in [-0.4, -0.2) is 44.9 Å². The van der Waals surface area contributed by atoms with Crippen LogP contribution in [-0.2, 0) is 4.74 Å². The number of carbonyl (C=O) groups excluding carboxylic acids is 1. The number of carbonyl (C=O) groups is 1. The number of alkyl carbamates (subject to hydrolysis) is 1. The molecule has 0 aromatic carbocycles. The van der Waals surface area contributed by atoms with Crippen LogP contribution in [0.25, 0.3) is 0 Å². The number of amides is 1. The normalized spacial score (nSPS) is 34.3. The van der Waals surface area contributed by atoms with Crippen molar-refractivity contribution in [1.82, 2.24) is 25.4 Å². The van der Waals surface area contributed by atoms with Gasteiger partial charge in [-0.3, -0.25) is 9.56 Å². The van der Waals surface area contributed by atoms with Crippen LogP contribution in [0.4, 0.5) is 4.79 Å². The van der Waals surface area contributed by atoms with Gasteiger partial charge in [0.25, 0.3) is 0 Å². The molecule has 2 saturated carbocycles. The van der Waals surface area contributed by atoms with E-state index in [1.54, 1.807) is 6.21 Å². The summed E-state index contributed by atoms with van der Waals surface area (Å²) < 4.78 is 8.02. The molecule has 0 bridgehead atoms. The zero-order valence-corrected chi connectivity index (χ0v) is 16.5. The Balaban J connectivity index is 1.32. The fourth-order valence-corrected chi connectivity index (χ4v) is 5.12. The van der Waals surface area contributed by atoms with Crippen LogP contribution in [0, 0.1) is 5.92 Å². The standard InChI is InChI=1S/C20H28N6O2/c1-3-12-9-13(28-19(27)23-20(2)6-4-7-20)10-14(12)18-25-24-16-11-22-17-15(26(16)18)5-8-21-17/h5,8,11-15,17,21H,3-4,6-7,9-10H2,1-2H3,(H,23,27)/t12-,13+,14+,15?,17?/m1/s1. The van der Waals surface area contributed by atoms with Gasteiger partial charge in [-0.05, 0) is 57.2 Å². The predicted octanol–water partition coefficient (Wildman–Crippen LogP) is 2.64. The maximum absolute atomic E-state index is 12.4. The van der Waals surface area contributed by atoms with E-state index < -0.39 is 0 Å². The van der Waals surface area contributed by atoms with Gasteiger partial charge in [0, 0.05) is 11.5 Å². The lowest BCUT2D eigenvalue weighted by molar-refractivity contribution is 0.0797. The van der Waals surface area contributed by atoms with Crippen LogP contribution in [0.3, 0.4) is 0 Å². The van der Waals surface area contributed by atoms with Gasteiger partial charge in [0.2, 0.25) is 0 Å². The highest BCUT2D eigenvalue weighted by Crippen LogP contribution is 2.44. The van der Waals surface area contributed by atoms with Gasteiger partial charge in [-0.15, -0.1) is 10.2 Å². The first-order valence-corrected chi connectivity index (χ1v) is 10.5. The number of hydrogen-bond acceptors (Lipinski definition) is 6.